The molecule has 0 bridgehead atoms. The second-order valence-electron chi connectivity index (χ2n) is 6.45. The zero-order valence-electron chi connectivity index (χ0n) is 15.1. The zero-order valence-corrected chi connectivity index (χ0v) is 15.1. The van der Waals surface area contributed by atoms with Gasteiger partial charge in [-0.05, 0) is 38.5 Å². The van der Waals surface area contributed by atoms with Crippen LogP contribution in [0.5, 0.6) is 0 Å². The van der Waals surface area contributed by atoms with E-state index in [4.69, 9.17) is 14.5 Å². The van der Waals surface area contributed by atoms with E-state index in [1.165, 1.54) is 11.1 Å². The van der Waals surface area contributed by atoms with Crippen LogP contribution in [0.3, 0.4) is 0 Å². The lowest BCUT2D eigenvalue weighted by molar-refractivity contribution is 0.393. The van der Waals surface area contributed by atoms with E-state index in [1.807, 2.05) is 38.1 Å². The summed E-state index contributed by atoms with van der Waals surface area (Å²) in [7, 11) is 0. The lowest BCUT2D eigenvalue weighted by Crippen LogP contribution is -2.04. The Balaban J connectivity index is 1.77. The second kappa shape index (κ2) is 6.59. The van der Waals surface area contributed by atoms with Crippen molar-refractivity contribution >= 4 is 16.7 Å². The number of hydrogen-bond donors (Lipinski definition) is 1. The molecule has 0 saturated heterocycles. The Morgan fingerprint density at radius 1 is 0.962 bits per heavy atom. The number of para-hydroxylation sites is 1. The maximum atomic E-state index is 5.29. The maximum Gasteiger partial charge on any atom is 0.167 e. The van der Waals surface area contributed by atoms with Gasteiger partial charge in [0.1, 0.15) is 11.6 Å². The number of nitrogens with one attached hydrogen (secondary N) is 1. The number of rotatable bonds is 4. The number of nitrogens with zero attached hydrogens (tertiary/aromatic N) is 3. The van der Waals surface area contributed by atoms with Crippen molar-refractivity contribution in [3.05, 3.63) is 71.1 Å². The lowest BCUT2D eigenvalue weighted by Gasteiger charge is -2.11. The molecule has 4 aromatic rings. The first-order valence-corrected chi connectivity index (χ1v) is 8.61. The Kier molecular flexibility index (Phi) is 4.13. The van der Waals surface area contributed by atoms with Gasteiger partial charge >= 0.3 is 0 Å². The predicted octanol–water partition coefficient (Wildman–Crippen LogP) is 4.82. The molecule has 26 heavy (non-hydrogen) atoms. The van der Waals surface area contributed by atoms with Crippen molar-refractivity contribution < 1.29 is 4.52 Å². The van der Waals surface area contributed by atoms with E-state index in [2.05, 4.69) is 41.7 Å². The molecule has 0 fully saturated rings. The molecule has 0 aliphatic heterocycles. The van der Waals surface area contributed by atoms with E-state index >= 15 is 0 Å². The highest BCUT2D eigenvalue weighted by Gasteiger charge is 2.17. The number of aromatic nitrogens is 3. The van der Waals surface area contributed by atoms with Crippen molar-refractivity contribution in [3.63, 3.8) is 0 Å². The van der Waals surface area contributed by atoms with Crippen LogP contribution in [0.15, 0.2) is 53.1 Å². The fourth-order valence-electron chi connectivity index (χ4n) is 3.13. The van der Waals surface area contributed by atoms with Gasteiger partial charge in [-0.2, -0.15) is 0 Å². The first-order chi connectivity index (χ1) is 12.6. The molecule has 4 rings (SSSR count). The van der Waals surface area contributed by atoms with Crippen molar-refractivity contribution in [1.82, 2.24) is 15.1 Å². The third kappa shape index (κ3) is 3.04. The van der Waals surface area contributed by atoms with Gasteiger partial charge in [-0.3, -0.25) is 0 Å². The number of anilines is 1. The van der Waals surface area contributed by atoms with Crippen molar-refractivity contribution in [2.45, 2.75) is 27.3 Å². The SMILES string of the molecule is Cc1cccc(CNc2nc(-c3c(C)noc3C)nc3ccccc23)c1. The topological polar surface area (TPSA) is 63.8 Å². The molecule has 2 aromatic heterocycles. The third-order valence-corrected chi connectivity index (χ3v) is 4.40. The van der Waals surface area contributed by atoms with Crippen LogP contribution >= 0.6 is 0 Å². The van der Waals surface area contributed by atoms with Crippen molar-refractivity contribution in [1.29, 1.82) is 0 Å². The van der Waals surface area contributed by atoms with Gasteiger partial charge < -0.3 is 9.84 Å². The minimum atomic E-state index is 0.631. The van der Waals surface area contributed by atoms with Gasteiger partial charge in [0.15, 0.2) is 5.82 Å². The van der Waals surface area contributed by atoms with Gasteiger partial charge in [0, 0.05) is 11.9 Å². The Hall–Kier alpha value is -3.21. The summed E-state index contributed by atoms with van der Waals surface area (Å²) in [6.07, 6.45) is 0. The third-order valence-electron chi connectivity index (χ3n) is 4.40. The molecule has 0 saturated carbocycles. The van der Waals surface area contributed by atoms with Crippen molar-refractivity contribution in [2.24, 2.45) is 0 Å². The standard InChI is InChI=1S/C21H20N4O/c1-13-7-6-8-16(11-13)12-22-20-17-9-4-5-10-18(17)23-21(24-20)19-14(2)25-26-15(19)3/h4-11H,12H2,1-3H3,(H,22,23,24). The summed E-state index contributed by atoms with van der Waals surface area (Å²) in [5.41, 5.74) is 5.00. The molecule has 0 aliphatic rings. The van der Waals surface area contributed by atoms with E-state index in [0.29, 0.717) is 12.4 Å². The summed E-state index contributed by atoms with van der Waals surface area (Å²) in [4.78, 5) is 9.50. The van der Waals surface area contributed by atoms with Crippen LogP contribution in [0.4, 0.5) is 5.82 Å². The molecule has 5 nitrogen and oxygen atoms in total. The summed E-state index contributed by atoms with van der Waals surface area (Å²) < 4.78 is 5.29. The van der Waals surface area contributed by atoms with Crippen LogP contribution < -0.4 is 5.32 Å². The Morgan fingerprint density at radius 2 is 1.81 bits per heavy atom. The highest BCUT2D eigenvalue weighted by atomic mass is 16.5. The second-order valence-corrected chi connectivity index (χ2v) is 6.45. The molecule has 130 valence electrons. The minimum Gasteiger partial charge on any atom is -0.365 e. The van der Waals surface area contributed by atoms with Crippen LogP contribution in [0.2, 0.25) is 0 Å². The highest BCUT2D eigenvalue weighted by Crippen LogP contribution is 2.29. The average Bonchev–Trinajstić information content (AvgIpc) is 2.98. The molecule has 0 radical (unpaired) electrons. The van der Waals surface area contributed by atoms with Crippen LogP contribution in [-0.2, 0) is 6.54 Å². The van der Waals surface area contributed by atoms with E-state index < -0.39 is 0 Å². The predicted molar refractivity (Wildman–Crippen MR) is 103 cm³/mol. The number of hydrogen-bond acceptors (Lipinski definition) is 5. The molecule has 0 spiro atoms. The quantitative estimate of drug-likeness (QED) is 0.575. The number of benzene rings is 2. The Labute approximate surface area is 152 Å². The molecule has 0 unspecified atom stereocenters. The number of fused-ring (bicyclic) bond motifs is 1. The van der Waals surface area contributed by atoms with Crippen LogP contribution in [-0.4, -0.2) is 15.1 Å². The number of aryl methyl sites for hydroxylation is 3. The molecular weight excluding hydrogens is 324 g/mol. The van der Waals surface area contributed by atoms with Gasteiger partial charge in [-0.25, -0.2) is 9.97 Å². The molecule has 2 heterocycles. The largest absolute Gasteiger partial charge is 0.365 e. The molecule has 0 amide bonds. The van der Waals surface area contributed by atoms with Gasteiger partial charge in [0.05, 0.1) is 16.8 Å². The summed E-state index contributed by atoms with van der Waals surface area (Å²) in [5, 5.41) is 8.50. The van der Waals surface area contributed by atoms with Crippen LogP contribution in [0.25, 0.3) is 22.3 Å². The monoisotopic (exact) mass is 344 g/mol. The fraction of sp³-hybridized carbons (Fsp3) is 0.190. The first-order valence-electron chi connectivity index (χ1n) is 8.61. The van der Waals surface area contributed by atoms with Gasteiger partial charge in [-0.15, -0.1) is 0 Å². The Bertz CT molecular complexity index is 1070. The van der Waals surface area contributed by atoms with Gasteiger partial charge in [-0.1, -0.05) is 47.1 Å². The fourth-order valence-corrected chi connectivity index (χ4v) is 3.13. The smallest absolute Gasteiger partial charge is 0.167 e. The van der Waals surface area contributed by atoms with Crippen LogP contribution in [0, 0.1) is 20.8 Å². The Morgan fingerprint density at radius 3 is 2.58 bits per heavy atom. The molecule has 0 aliphatic carbocycles. The molecule has 5 heteroatoms. The van der Waals surface area contributed by atoms with E-state index in [0.717, 1.165) is 33.7 Å². The van der Waals surface area contributed by atoms with E-state index in [-0.39, 0.29) is 0 Å². The molecule has 2 aromatic carbocycles. The van der Waals surface area contributed by atoms with E-state index in [1.54, 1.807) is 0 Å². The summed E-state index contributed by atoms with van der Waals surface area (Å²) in [5.74, 6) is 2.17. The van der Waals surface area contributed by atoms with Crippen molar-refractivity contribution in [3.8, 4) is 11.4 Å². The lowest BCUT2D eigenvalue weighted by atomic mass is 10.1. The van der Waals surface area contributed by atoms with E-state index in [9.17, 15) is 0 Å². The summed E-state index contributed by atoms with van der Waals surface area (Å²) in [6, 6.07) is 16.5. The van der Waals surface area contributed by atoms with Gasteiger partial charge in [0.25, 0.3) is 0 Å². The highest BCUT2D eigenvalue weighted by molar-refractivity contribution is 5.90. The minimum absolute atomic E-state index is 0.631. The molecule has 0 atom stereocenters. The summed E-state index contributed by atoms with van der Waals surface area (Å²) in [6.45, 7) is 6.58. The average molecular weight is 344 g/mol. The first kappa shape index (κ1) is 16.3. The normalized spacial score (nSPS) is 11.0. The molecular formula is C21H20N4O. The summed E-state index contributed by atoms with van der Waals surface area (Å²) >= 11 is 0. The maximum absolute atomic E-state index is 5.29. The van der Waals surface area contributed by atoms with Crippen LogP contribution in [0.1, 0.15) is 22.6 Å². The molecule has 1 N–H and O–H groups in total. The van der Waals surface area contributed by atoms with Crippen molar-refractivity contribution in [2.75, 3.05) is 5.32 Å². The van der Waals surface area contributed by atoms with Gasteiger partial charge in [0.2, 0.25) is 0 Å². The zero-order chi connectivity index (χ0) is 18.1.